The molecule has 0 saturated heterocycles. The van der Waals surface area contributed by atoms with E-state index in [1.165, 1.54) is 48.5 Å². The van der Waals surface area contributed by atoms with Crippen LogP contribution >= 0.6 is 69.6 Å². The third-order valence-corrected chi connectivity index (χ3v) is 11.1. The molecule has 12 nitrogen and oxygen atoms in total. The highest BCUT2D eigenvalue weighted by atomic mass is 35.5. The van der Waals surface area contributed by atoms with E-state index in [-0.39, 0.29) is 46.0 Å². The fraction of sp³-hybridized carbons (Fsp3) is 0.0909. The first-order valence-electron chi connectivity index (χ1n) is 14.6. The van der Waals surface area contributed by atoms with Gasteiger partial charge < -0.3 is 0 Å². The highest BCUT2D eigenvalue weighted by Gasteiger charge is 2.14. The number of sulfone groups is 3. The maximum atomic E-state index is 11.8. The van der Waals surface area contributed by atoms with Gasteiger partial charge in [0, 0.05) is 47.6 Å². The molecule has 0 aliphatic heterocycles. The summed E-state index contributed by atoms with van der Waals surface area (Å²) in [5.41, 5.74) is 3.07. The third kappa shape index (κ3) is 12.8. The Bertz CT molecular complexity index is 2530. The van der Waals surface area contributed by atoms with Crippen molar-refractivity contribution in [1.82, 2.24) is 29.9 Å². The highest BCUT2D eigenvalue weighted by Crippen LogP contribution is 2.28. The second-order valence-electron chi connectivity index (χ2n) is 10.9. The zero-order chi connectivity index (χ0) is 40.0. The lowest BCUT2D eigenvalue weighted by Gasteiger charge is -2.08. The van der Waals surface area contributed by atoms with Gasteiger partial charge in [-0.3, -0.25) is 0 Å². The molecule has 0 fully saturated rings. The Balaban J connectivity index is 0.000000205. The van der Waals surface area contributed by atoms with Crippen molar-refractivity contribution in [3.8, 4) is 33.8 Å². The van der Waals surface area contributed by atoms with E-state index in [9.17, 15) is 25.3 Å². The lowest BCUT2D eigenvalue weighted by molar-refractivity contribution is 0.600. The van der Waals surface area contributed by atoms with Gasteiger partial charge in [0.1, 0.15) is 15.5 Å². The summed E-state index contributed by atoms with van der Waals surface area (Å²) in [5.74, 6) is 0. The first-order valence-corrected chi connectivity index (χ1v) is 22.5. The van der Waals surface area contributed by atoms with E-state index in [2.05, 4.69) is 29.9 Å². The lowest BCUT2D eigenvalue weighted by Crippen LogP contribution is -1.99. The summed E-state index contributed by atoms with van der Waals surface area (Å²) in [5, 5.41) is 0.751. The highest BCUT2D eigenvalue weighted by molar-refractivity contribution is 7.91. The van der Waals surface area contributed by atoms with Crippen LogP contribution in [0.1, 0.15) is 0 Å². The van der Waals surface area contributed by atoms with Crippen LogP contribution in [0, 0.1) is 0 Å². The van der Waals surface area contributed by atoms with Gasteiger partial charge in [-0.2, -0.15) is 0 Å². The molecule has 6 rings (SSSR count). The SMILES string of the molecule is CS(=O)(=O)c1cccc(-c2cc(-c3cccc(S(C)(=O)=O)c3)nc(Cl)n2)c1.CS(=O)(=O)c1cccc(-c2cc(Cl)nc(Cl)n2)c1.Clc1cc(Cl)nc(Cl)n1. The van der Waals surface area contributed by atoms with Crippen molar-refractivity contribution in [2.24, 2.45) is 0 Å². The molecule has 0 amide bonds. The van der Waals surface area contributed by atoms with Crippen molar-refractivity contribution in [2.45, 2.75) is 14.7 Å². The van der Waals surface area contributed by atoms with Crippen molar-refractivity contribution in [3.05, 3.63) is 122 Å². The molecule has 3 heterocycles. The van der Waals surface area contributed by atoms with E-state index in [1.807, 2.05) is 0 Å². The normalized spacial score (nSPS) is 11.5. The van der Waals surface area contributed by atoms with E-state index in [0.29, 0.717) is 33.8 Å². The van der Waals surface area contributed by atoms with Crippen LogP contribution in [0.2, 0.25) is 31.3 Å². The van der Waals surface area contributed by atoms with Crippen LogP contribution in [0.25, 0.3) is 33.8 Å². The fourth-order valence-corrected chi connectivity index (χ4v) is 7.56. The molecule has 0 saturated carbocycles. The van der Waals surface area contributed by atoms with Crippen molar-refractivity contribution >= 4 is 99.1 Å². The molecule has 0 aliphatic rings. The maximum Gasteiger partial charge on any atom is 0.225 e. The van der Waals surface area contributed by atoms with E-state index < -0.39 is 29.5 Å². The monoisotopic (exact) mass is 906 g/mol. The number of aromatic nitrogens is 6. The Hall–Kier alpha value is -3.51. The van der Waals surface area contributed by atoms with Gasteiger partial charge in [0.25, 0.3) is 0 Å². The Morgan fingerprint density at radius 3 is 0.944 bits per heavy atom. The van der Waals surface area contributed by atoms with Crippen molar-refractivity contribution in [3.63, 3.8) is 0 Å². The standard InChI is InChI=1S/C18H15ClN2O4S2.C11H8Cl2N2O2S.C4HCl3N2/c1-26(22,23)14-7-3-5-12(9-14)16-11-17(21-18(19)20-16)13-6-4-8-15(10-13)27(2,24)25;1-18(16,17)8-4-2-3-7(5-8)9-6-10(12)15-11(13)14-9;5-2-1-3(6)9-4(7)8-2/h3-11H,1-2H3;2-6H,1H3;1H. The van der Waals surface area contributed by atoms with Gasteiger partial charge in [-0.1, -0.05) is 71.2 Å². The molecule has 21 heteroatoms. The van der Waals surface area contributed by atoms with Gasteiger partial charge in [-0.25, -0.2) is 55.2 Å². The summed E-state index contributed by atoms with van der Waals surface area (Å²) in [6, 6.07) is 23.6. The van der Waals surface area contributed by atoms with Crippen molar-refractivity contribution in [2.75, 3.05) is 18.8 Å². The fourth-order valence-electron chi connectivity index (χ4n) is 4.27. The largest absolute Gasteiger partial charge is 0.225 e. The van der Waals surface area contributed by atoms with Crippen LogP contribution in [0.5, 0.6) is 0 Å². The molecule has 0 unspecified atom stereocenters. The quantitative estimate of drug-likeness (QED) is 0.115. The van der Waals surface area contributed by atoms with Crippen molar-refractivity contribution in [1.29, 1.82) is 0 Å². The number of nitrogens with zero attached hydrogens (tertiary/aromatic N) is 6. The van der Waals surface area contributed by atoms with E-state index in [0.717, 1.165) is 18.8 Å². The number of hydrogen-bond donors (Lipinski definition) is 0. The Morgan fingerprint density at radius 1 is 0.370 bits per heavy atom. The minimum absolute atomic E-state index is 0.0160. The summed E-state index contributed by atoms with van der Waals surface area (Å²) >= 11 is 33.8. The minimum atomic E-state index is -3.37. The summed E-state index contributed by atoms with van der Waals surface area (Å²) in [7, 11) is -10.0. The molecular formula is C33H24Cl6N6O6S3. The number of hydrogen-bond acceptors (Lipinski definition) is 12. The molecule has 0 spiro atoms. The molecule has 0 bridgehead atoms. The second-order valence-corrected chi connectivity index (χ2v) is 19.2. The lowest BCUT2D eigenvalue weighted by atomic mass is 10.1. The molecular weight excluding hydrogens is 885 g/mol. The van der Waals surface area contributed by atoms with Gasteiger partial charge in [0.05, 0.1) is 31.8 Å². The van der Waals surface area contributed by atoms with Crippen LogP contribution in [0.15, 0.2) is 106 Å². The van der Waals surface area contributed by atoms with E-state index >= 15 is 0 Å². The first kappa shape index (κ1) is 43.2. The summed E-state index contributed by atoms with van der Waals surface area (Å²) < 4.78 is 70.1. The predicted octanol–water partition coefficient (Wildman–Crippen LogP) is 8.56. The zero-order valence-electron chi connectivity index (χ0n) is 27.8. The zero-order valence-corrected chi connectivity index (χ0v) is 34.8. The minimum Gasteiger partial charge on any atom is -0.224 e. The topological polar surface area (TPSA) is 180 Å². The summed E-state index contributed by atoms with van der Waals surface area (Å²) in [4.78, 5) is 23.7. The second kappa shape index (κ2) is 18.0. The van der Waals surface area contributed by atoms with E-state index in [4.69, 9.17) is 69.6 Å². The van der Waals surface area contributed by atoms with Gasteiger partial charge in [-0.15, -0.1) is 0 Å². The molecule has 282 valence electrons. The molecule has 0 atom stereocenters. The van der Waals surface area contributed by atoms with Crippen LogP contribution in [0.4, 0.5) is 0 Å². The van der Waals surface area contributed by atoms with Crippen molar-refractivity contribution < 1.29 is 25.3 Å². The van der Waals surface area contributed by atoms with Gasteiger partial charge in [-0.05, 0) is 77.3 Å². The third-order valence-electron chi connectivity index (χ3n) is 6.68. The molecule has 0 radical (unpaired) electrons. The number of rotatable bonds is 6. The molecule has 3 aromatic heterocycles. The molecule has 3 aromatic carbocycles. The Kier molecular flexibility index (Phi) is 14.4. The van der Waals surface area contributed by atoms with Crippen LogP contribution in [-0.4, -0.2) is 73.9 Å². The average Bonchev–Trinajstić information content (AvgIpc) is 3.07. The number of benzene rings is 3. The summed E-state index contributed by atoms with van der Waals surface area (Å²) in [6.07, 6.45) is 3.40. The molecule has 54 heavy (non-hydrogen) atoms. The molecule has 6 aromatic rings. The number of halogens is 6. The maximum absolute atomic E-state index is 11.8. The first-order chi connectivity index (χ1) is 25.1. The predicted molar refractivity (Wildman–Crippen MR) is 212 cm³/mol. The van der Waals surface area contributed by atoms with Crippen LogP contribution < -0.4 is 0 Å². The van der Waals surface area contributed by atoms with Gasteiger partial charge in [0.2, 0.25) is 15.9 Å². The Labute approximate surface area is 341 Å². The average molecular weight is 910 g/mol. The van der Waals surface area contributed by atoms with Gasteiger partial charge in [0.15, 0.2) is 29.5 Å². The summed E-state index contributed by atoms with van der Waals surface area (Å²) in [6.45, 7) is 0. The Morgan fingerprint density at radius 2 is 0.648 bits per heavy atom. The van der Waals surface area contributed by atoms with E-state index in [1.54, 1.807) is 42.5 Å². The van der Waals surface area contributed by atoms with Crippen LogP contribution in [-0.2, 0) is 29.5 Å². The van der Waals surface area contributed by atoms with Crippen LogP contribution in [0.3, 0.4) is 0 Å². The smallest absolute Gasteiger partial charge is 0.224 e. The molecule has 0 N–H and O–H groups in total. The molecule has 0 aliphatic carbocycles. The van der Waals surface area contributed by atoms with Gasteiger partial charge >= 0.3 is 0 Å².